The zero-order chi connectivity index (χ0) is 12.8. The molecule has 0 heterocycles. The highest BCUT2D eigenvalue weighted by Gasteiger charge is 2.10. The van der Waals surface area contributed by atoms with Gasteiger partial charge < -0.3 is 15.6 Å². The van der Waals surface area contributed by atoms with E-state index >= 15 is 0 Å². The molecule has 0 aromatic heterocycles. The van der Waals surface area contributed by atoms with Crippen LogP contribution in [-0.4, -0.2) is 11.1 Å². The van der Waals surface area contributed by atoms with Gasteiger partial charge in [-0.2, -0.15) is 0 Å². The van der Waals surface area contributed by atoms with Crippen molar-refractivity contribution in [3.63, 3.8) is 0 Å². The third-order valence-corrected chi connectivity index (χ3v) is 2.53. The predicted molar refractivity (Wildman–Crippen MR) is 73.1 cm³/mol. The highest BCUT2D eigenvalue weighted by molar-refractivity contribution is 5.85. The Bertz CT molecular complexity index is 396. The van der Waals surface area contributed by atoms with Crippen LogP contribution in [0.2, 0.25) is 0 Å². The van der Waals surface area contributed by atoms with Gasteiger partial charge in [-0.3, -0.25) is 4.79 Å². The average Bonchev–Trinajstić information content (AvgIpc) is 2.28. The van der Waals surface area contributed by atoms with E-state index in [1.165, 1.54) is 6.92 Å². The van der Waals surface area contributed by atoms with E-state index < -0.39 is 5.97 Å². The molecule has 1 aromatic carbocycles. The summed E-state index contributed by atoms with van der Waals surface area (Å²) in [6, 6.07) is 4.81. The number of benzene rings is 1. The minimum atomic E-state index is -0.455. The molecule has 1 atom stereocenters. The molecule has 18 heavy (non-hydrogen) atoms. The summed E-state index contributed by atoms with van der Waals surface area (Å²) >= 11 is 0. The minimum absolute atomic E-state index is 0. The number of hydrogen-bond donors (Lipinski definition) is 2. The molecule has 0 saturated heterocycles. The first-order chi connectivity index (χ1) is 8.04. The number of aromatic hydroxyl groups is 1. The van der Waals surface area contributed by atoms with E-state index in [4.69, 9.17) is 10.5 Å². The first-order valence-electron chi connectivity index (χ1n) is 5.81. The van der Waals surface area contributed by atoms with Crippen LogP contribution in [0.1, 0.15) is 44.7 Å². The lowest BCUT2D eigenvalue weighted by atomic mass is 10.0. The van der Waals surface area contributed by atoms with Crippen LogP contribution in [0.4, 0.5) is 0 Å². The molecule has 0 amide bonds. The van der Waals surface area contributed by atoms with Gasteiger partial charge in [0, 0.05) is 13.0 Å². The van der Waals surface area contributed by atoms with Crippen LogP contribution in [0.3, 0.4) is 0 Å². The average molecular weight is 274 g/mol. The Hall–Kier alpha value is -1.26. The fourth-order valence-electron chi connectivity index (χ4n) is 1.60. The van der Waals surface area contributed by atoms with Crippen molar-refractivity contribution in [3.8, 4) is 11.5 Å². The third kappa shape index (κ3) is 4.94. The molecule has 0 aliphatic heterocycles. The maximum absolute atomic E-state index is 10.8. The summed E-state index contributed by atoms with van der Waals surface area (Å²) in [4.78, 5) is 10.8. The number of esters is 1. The van der Waals surface area contributed by atoms with Crippen molar-refractivity contribution in [3.05, 3.63) is 23.8 Å². The van der Waals surface area contributed by atoms with Gasteiger partial charge in [0.1, 0.15) is 0 Å². The van der Waals surface area contributed by atoms with Crippen molar-refractivity contribution in [2.45, 2.75) is 39.2 Å². The van der Waals surface area contributed by atoms with E-state index in [1.54, 1.807) is 18.2 Å². The molecule has 0 radical (unpaired) electrons. The van der Waals surface area contributed by atoms with E-state index in [1.807, 2.05) is 0 Å². The quantitative estimate of drug-likeness (QED) is 0.639. The van der Waals surface area contributed by atoms with E-state index in [0.717, 1.165) is 24.8 Å². The molecule has 4 nitrogen and oxygen atoms in total. The summed E-state index contributed by atoms with van der Waals surface area (Å²) in [6.45, 7) is 3.40. The molecule has 3 N–H and O–H groups in total. The number of ether oxygens (including phenoxy) is 1. The smallest absolute Gasteiger partial charge is 0.308 e. The first kappa shape index (κ1) is 16.7. The molecule has 1 aromatic rings. The van der Waals surface area contributed by atoms with E-state index in [0.29, 0.717) is 0 Å². The lowest BCUT2D eigenvalue weighted by molar-refractivity contribution is -0.132. The SMILES string of the molecule is CCCC[C@@H](N)c1ccc(OC(C)=O)c(O)c1.Cl. The van der Waals surface area contributed by atoms with Gasteiger partial charge in [-0.15, -0.1) is 12.4 Å². The van der Waals surface area contributed by atoms with Crippen LogP contribution >= 0.6 is 12.4 Å². The Morgan fingerprint density at radius 2 is 2.17 bits per heavy atom. The number of rotatable bonds is 5. The summed E-state index contributed by atoms with van der Waals surface area (Å²) in [7, 11) is 0. The maximum atomic E-state index is 10.8. The summed E-state index contributed by atoms with van der Waals surface area (Å²) < 4.78 is 4.83. The Morgan fingerprint density at radius 1 is 1.50 bits per heavy atom. The lowest BCUT2D eigenvalue weighted by Gasteiger charge is -2.13. The fourth-order valence-corrected chi connectivity index (χ4v) is 1.60. The van der Waals surface area contributed by atoms with Crippen molar-refractivity contribution in [1.29, 1.82) is 0 Å². The van der Waals surface area contributed by atoms with E-state index in [-0.39, 0.29) is 29.9 Å². The molecule has 0 aliphatic carbocycles. The molecular weight excluding hydrogens is 254 g/mol. The van der Waals surface area contributed by atoms with Crippen molar-refractivity contribution in [1.82, 2.24) is 0 Å². The van der Waals surface area contributed by atoms with Gasteiger partial charge in [-0.05, 0) is 24.1 Å². The zero-order valence-electron chi connectivity index (χ0n) is 10.7. The van der Waals surface area contributed by atoms with E-state index in [9.17, 15) is 9.90 Å². The third-order valence-electron chi connectivity index (χ3n) is 2.53. The Balaban J connectivity index is 0.00000289. The highest BCUT2D eigenvalue weighted by atomic mass is 35.5. The molecule has 0 aliphatic rings. The van der Waals surface area contributed by atoms with Gasteiger partial charge in [0.2, 0.25) is 0 Å². The van der Waals surface area contributed by atoms with Crippen molar-refractivity contribution < 1.29 is 14.6 Å². The largest absolute Gasteiger partial charge is 0.504 e. The molecule has 5 heteroatoms. The molecular formula is C13H20ClNO3. The summed E-state index contributed by atoms with van der Waals surface area (Å²) in [5.41, 5.74) is 6.84. The number of unbranched alkanes of at least 4 members (excludes halogenated alkanes) is 1. The second-order valence-electron chi connectivity index (χ2n) is 4.07. The van der Waals surface area contributed by atoms with Crippen LogP contribution in [0.5, 0.6) is 11.5 Å². The normalized spacial score (nSPS) is 11.5. The van der Waals surface area contributed by atoms with Crippen LogP contribution in [0.15, 0.2) is 18.2 Å². The molecule has 1 rings (SSSR count). The molecule has 0 bridgehead atoms. The highest BCUT2D eigenvalue weighted by Crippen LogP contribution is 2.30. The van der Waals surface area contributed by atoms with Crippen molar-refractivity contribution in [2.24, 2.45) is 5.73 Å². The molecule has 102 valence electrons. The monoisotopic (exact) mass is 273 g/mol. The second kappa shape index (κ2) is 7.95. The maximum Gasteiger partial charge on any atom is 0.308 e. The van der Waals surface area contributed by atoms with E-state index in [2.05, 4.69) is 6.92 Å². The number of carbonyl (C=O) groups is 1. The van der Waals surface area contributed by atoms with Crippen LogP contribution < -0.4 is 10.5 Å². The number of nitrogens with two attached hydrogens (primary N) is 1. The summed E-state index contributed by atoms with van der Waals surface area (Å²) in [6.07, 6.45) is 3.02. The number of phenols is 1. The van der Waals surface area contributed by atoms with Crippen LogP contribution in [0, 0.1) is 0 Å². The standard InChI is InChI=1S/C13H19NO3.ClH/c1-3-4-5-11(14)10-6-7-13(12(16)8-10)17-9(2)15;/h6-8,11,16H,3-5,14H2,1-2H3;1H/t11-;/m1./s1. The number of phenolic OH excluding ortho intramolecular Hbond substituents is 1. The van der Waals surface area contributed by atoms with Gasteiger partial charge in [-0.25, -0.2) is 0 Å². The van der Waals surface area contributed by atoms with Crippen molar-refractivity contribution >= 4 is 18.4 Å². The fraction of sp³-hybridized carbons (Fsp3) is 0.462. The van der Waals surface area contributed by atoms with Gasteiger partial charge in [-0.1, -0.05) is 25.8 Å². The molecule has 0 saturated carbocycles. The van der Waals surface area contributed by atoms with Gasteiger partial charge in [0.25, 0.3) is 0 Å². The summed E-state index contributed by atoms with van der Waals surface area (Å²) in [5.74, 6) is -0.336. The number of halogens is 1. The molecule has 0 unspecified atom stereocenters. The van der Waals surface area contributed by atoms with Crippen LogP contribution in [0.25, 0.3) is 0 Å². The molecule has 0 fully saturated rings. The first-order valence-corrected chi connectivity index (χ1v) is 5.81. The Morgan fingerprint density at radius 3 is 2.67 bits per heavy atom. The zero-order valence-corrected chi connectivity index (χ0v) is 11.5. The number of hydrogen-bond acceptors (Lipinski definition) is 4. The molecule has 0 spiro atoms. The minimum Gasteiger partial charge on any atom is -0.504 e. The lowest BCUT2D eigenvalue weighted by Crippen LogP contribution is -2.10. The Kier molecular flexibility index (Phi) is 7.39. The predicted octanol–water partition coefficient (Wildman–Crippen LogP) is 2.93. The van der Waals surface area contributed by atoms with Gasteiger partial charge >= 0.3 is 5.97 Å². The Labute approximate surface area is 114 Å². The summed E-state index contributed by atoms with van der Waals surface area (Å²) in [5, 5.41) is 9.68. The second-order valence-corrected chi connectivity index (χ2v) is 4.07. The number of carbonyl (C=O) groups excluding carboxylic acids is 1. The van der Waals surface area contributed by atoms with Crippen molar-refractivity contribution in [2.75, 3.05) is 0 Å². The van der Waals surface area contributed by atoms with Crippen LogP contribution in [-0.2, 0) is 4.79 Å². The topological polar surface area (TPSA) is 72.5 Å². The van der Waals surface area contributed by atoms with Gasteiger partial charge in [0.15, 0.2) is 11.5 Å². The van der Waals surface area contributed by atoms with Gasteiger partial charge in [0.05, 0.1) is 0 Å².